The highest BCUT2D eigenvalue weighted by atomic mass is 32.1. The number of carbonyl (C=O) groups is 1. The summed E-state index contributed by atoms with van der Waals surface area (Å²) < 4.78 is 16.5. The van der Waals surface area contributed by atoms with E-state index in [1.807, 2.05) is 24.3 Å². The third-order valence-electron chi connectivity index (χ3n) is 5.74. The molecule has 0 unspecified atom stereocenters. The van der Waals surface area contributed by atoms with Crippen LogP contribution in [-0.2, 0) is 9.53 Å². The molecule has 9 nitrogen and oxygen atoms in total. The lowest BCUT2D eigenvalue weighted by molar-refractivity contribution is -0.137. The van der Waals surface area contributed by atoms with E-state index >= 15 is 0 Å². The van der Waals surface area contributed by atoms with Crippen LogP contribution in [0.4, 0.5) is 5.82 Å². The van der Waals surface area contributed by atoms with Gasteiger partial charge in [0.25, 0.3) is 5.91 Å². The van der Waals surface area contributed by atoms with Gasteiger partial charge in [0.1, 0.15) is 11.2 Å². The van der Waals surface area contributed by atoms with Crippen LogP contribution >= 0.6 is 11.3 Å². The number of methoxy groups -OCH3 is 1. The molecule has 1 aliphatic heterocycles. The summed E-state index contributed by atoms with van der Waals surface area (Å²) in [5.74, 6) is 1.56. The number of morpholine rings is 1. The van der Waals surface area contributed by atoms with E-state index in [0.717, 1.165) is 26.9 Å². The zero-order valence-corrected chi connectivity index (χ0v) is 20.5. The minimum atomic E-state index is -0.0744. The number of benzene rings is 2. The summed E-state index contributed by atoms with van der Waals surface area (Å²) in [5.41, 5.74) is 6.00. The van der Waals surface area contributed by atoms with Crippen LogP contribution in [0, 0.1) is 0 Å². The molecule has 5 rings (SSSR count). The summed E-state index contributed by atoms with van der Waals surface area (Å²) in [6.07, 6.45) is 3.20. The fourth-order valence-electron chi connectivity index (χ4n) is 3.89. The summed E-state index contributed by atoms with van der Waals surface area (Å²) in [6, 6.07) is 15.5. The predicted molar refractivity (Wildman–Crippen MR) is 140 cm³/mol. The van der Waals surface area contributed by atoms with Gasteiger partial charge < -0.3 is 19.1 Å². The fourth-order valence-corrected chi connectivity index (χ4v) is 4.80. The van der Waals surface area contributed by atoms with Gasteiger partial charge in [0, 0.05) is 24.0 Å². The molecule has 1 N–H and O–H groups in total. The molecule has 3 heterocycles. The summed E-state index contributed by atoms with van der Waals surface area (Å²) >= 11 is 1.57. The van der Waals surface area contributed by atoms with E-state index in [9.17, 15) is 4.79 Å². The molecule has 0 spiro atoms. The molecule has 0 saturated carbocycles. The highest BCUT2D eigenvalue weighted by Gasteiger charge is 2.18. The highest BCUT2D eigenvalue weighted by Crippen LogP contribution is 2.36. The van der Waals surface area contributed by atoms with Gasteiger partial charge in [-0.15, -0.1) is 11.3 Å². The molecule has 1 saturated heterocycles. The van der Waals surface area contributed by atoms with Crippen molar-refractivity contribution >= 4 is 39.5 Å². The van der Waals surface area contributed by atoms with Crippen molar-refractivity contribution in [3.05, 3.63) is 65.8 Å². The van der Waals surface area contributed by atoms with Crippen molar-refractivity contribution in [1.29, 1.82) is 0 Å². The van der Waals surface area contributed by atoms with Crippen LogP contribution in [0.25, 0.3) is 21.3 Å². The molecule has 36 heavy (non-hydrogen) atoms. The van der Waals surface area contributed by atoms with Gasteiger partial charge in [-0.2, -0.15) is 5.10 Å². The molecule has 0 atom stereocenters. The van der Waals surface area contributed by atoms with Crippen LogP contribution in [0.1, 0.15) is 5.56 Å². The Kier molecular flexibility index (Phi) is 7.34. The van der Waals surface area contributed by atoms with Crippen molar-refractivity contribution in [3.8, 4) is 22.6 Å². The highest BCUT2D eigenvalue weighted by molar-refractivity contribution is 7.17. The van der Waals surface area contributed by atoms with E-state index in [0.29, 0.717) is 43.6 Å². The van der Waals surface area contributed by atoms with Gasteiger partial charge in [0.15, 0.2) is 23.9 Å². The second-order valence-electron chi connectivity index (χ2n) is 7.98. The smallest absolute Gasteiger partial charge is 0.260 e. The SMILES string of the molecule is COc1cc(/C=N\Nc2ncnc3scc(-c4ccccc4)c23)ccc1OCC(=O)N1CCOCC1. The maximum Gasteiger partial charge on any atom is 0.260 e. The summed E-state index contributed by atoms with van der Waals surface area (Å²) in [7, 11) is 1.56. The minimum Gasteiger partial charge on any atom is -0.493 e. The quantitative estimate of drug-likeness (QED) is 0.286. The number of nitrogens with one attached hydrogen (secondary N) is 1. The topological polar surface area (TPSA) is 98.2 Å². The first-order valence-corrected chi connectivity index (χ1v) is 12.3. The predicted octanol–water partition coefficient (Wildman–Crippen LogP) is 4.05. The number of hydrogen-bond donors (Lipinski definition) is 1. The van der Waals surface area contributed by atoms with Crippen molar-refractivity contribution in [3.63, 3.8) is 0 Å². The van der Waals surface area contributed by atoms with E-state index < -0.39 is 0 Å². The summed E-state index contributed by atoms with van der Waals surface area (Å²) in [6.45, 7) is 2.21. The number of nitrogens with zero attached hydrogens (tertiary/aromatic N) is 4. The van der Waals surface area contributed by atoms with Gasteiger partial charge in [-0.3, -0.25) is 10.2 Å². The lowest BCUT2D eigenvalue weighted by atomic mass is 10.1. The Hall–Kier alpha value is -4.02. The number of aromatic nitrogens is 2. The third kappa shape index (κ3) is 5.29. The van der Waals surface area contributed by atoms with Gasteiger partial charge in [-0.05, 0) is 29.3 Å². The number of carbonyl (C=O) groups excluding carboxylic acids is 1. The van der Waals surface area contributed by atoms with E-state index in [1.54, 1.807) is 41.7 Å². The Balaban J connectivity index is 1.28. The molecule has 2 aromatic heterocycles. The fraction of sp³-hybridized carbons (Fsp3) is 0.231. The van der Waals surface area contributed by atoms with Crippen LogP contribution in [0.15, 0.2) is 65.3 Å². The second kappa shape index (κ2) is 11.1. The number of hydrogen-bond acceptors (Lipinski definition) is 9. The van der Waals surface area contributed by atoms with Gasteiger partial charge in [0.05, 0.1) is 31.9 Å². The molecule has 0 radical (unpaired) electrons. The molecule has 1 aliphatic rings. The van der Waals surface area contributed by atoms with Crippen LogP contribution < -0.4 is 14.9 Å². The zero-order chi connectivity index (χ0) is 24.7. The average molecular weight is 504 g/mol. The largest absolute Gasteiger partial charge is 0.493 e. The van der Waals surface area contributed by atoms with E-state index in [1.165, 1.54) is 6.33 Å². The lowest BCUT2D eigenvalue weighted by Gasteiger charge is -2.26. The molecule has 4 aromatic rings. The maximum atomic E-state index is 12.4. The van der Waals surface area contributed by atoms with Gasteiger partial charge >= 0.3 is 0 Å². The van der Waals surface area contributed by atoms with Crippen molar-refractivity contribution < 1.29 is 19.0 Å². The first-order chi connectivity index (χ1) is 17.7. The first kappa shape index (κ1) is 23.7. The van der Waals surface area contributed by atoms with Gasteiger partial charge in [-0.1, -0.05) is 30.3 Å². The zero-order valence-electron chi connectivity index (χ0n) is 19.7. The molecular formula is C26H25N5O4S. The Morgan fingerprint density at radius 3 is 2.81 bits per heavy atom. The monoisotopic (exact) mass is 503 g/mol. The van der Waals surface area contributed by atoms with Crippen LogP contribution in [0.2, 0.25) is 0 Å². The van der Waals surface area contributed by atoms with Gasteiger partial charge in [0.2, 0.25) is 0 Å². The van der Waals surface area contributed by atoms with Crippen molar-refractivity contribution in [2.75, 3.05) is 45.4 Å². The average Bonchev–Trinajstić information content (AvgIpc) is 3.38. The number of fused-ring (bicyclic) bond motifs is 1. The Bertz CT molecular complexity index is 1370. The number of amides is 1. The third-order valence-corrected chi connectivity index (χ3v) is 6.63. The standard InChI is InChI=1S/C26H25N5O4S/c1-33-22-13-18(7-8-21(22)35-15-23(32)31-9-11-34-12-10-31)14-29-30-25-24-20(19-5-3-2-4-6-19)16-36-26(24)28-17-27-25/h2-8,13-14,16-17H,9-12,15H2,1H3,(H,27,28,30)/b29-14-. The number of thiophene rings is 1. The molecule has 1 amide bonds. The molecule has 0 bridgehead atoms. The molecule has 184 valence electrons. The first-order valence-electron chi connectivity index (χ1n) is 11.5. The van der Waals surface area contributed by atoms with E-state index in [2.05, 4.69) is 38.0 Å². The van der Waals surface area contributed by atoms with Gasteiger partial charge in [-0.25, -0.2) is 9.97 Å². The normalized spacial score (nSPS) is 13.8. The Morgan fingerprint density at radius 1 is 1.17 bits per heavy atom. The molecule has 1 fully saturated rings. The minimum absolute atomic E-state index is 0.0561. The van der Waals surface area contributed by atoms with Crippen molar-refractivity contribution in [2.45, 2.75) is 0 Å². The lowest BCUT2D eigenvalue weighted by Crippen LogP contribution is -2.43. The van der Waals surface area contributed by atoms with E-state index in [4.69, 9.17) is 14.2 Å². The number of rotatable bonds is 8. The number of anilines is 1. The summed E-state index contributed by atoms with van der Waals surface area (Å²) in [5, 5.41) is 7.40. The van der Waals surface area contributed by atoms with Crippen LogP contribution in [-0.4, -0.2) is 67.0 Å². The Labute approximate surface area is 212 Å². The molecule has 10 heteroatoms. The number of hydrazone groups is 1. The second-order valence-corrected chi connectivity index (χ2v) is 8.84. The van der Waals surface area contributed by atoms with Crippen LogP contribution in [0.3, 0.4) is 0 Å². The Morgan fingerprint density at radius 2 is 2.00 bits per heavy atom. The molecular weight excluding hydrogens is 478 g/mol. The molecule has 2 aromatic carbocycles. The number of ether oxygens (including phenoxy) is 3. The van der Waals surface area contributed by atoms with Crippen molar-refractivity contribution in [2.24, 2.45) is 5.10 Å². The van der Waals surface area contributed by atoms with E-state index in [-0.39, 0.29) is 12.5 Å². The maximum absolute atomic E-state index is 12.4. The summed E-state index contributed by atoms with van der Waals surface area (Å²) in [4.78, 5) is 23.8. The van der Waals surface area contributed by atoms with Crippen molar-refractivity contribution in [1.82, 2.24) is 14.9 Å². The van der Waals surface area contributed by atoms with Crippen LogP contribution in [0.5, 0.6) is 11.5 Å². The molecule has 0 aliphatic carbocycles.